The Morgan fingerprint density at radius 3 is 2.35 bits per heavy atom. The average Bonchev–Trinajstić information content (AvgIpc) is 2.61. The van der Waals surface area contributed by atoms with Gasteiger partial charge in [-0.2, -0.15) is 0 Å². The third-order valence-electron chi connectivity index (χ3n) is 3.41. The predicted octanol–water partition coefficient (Wildman–Crippen LogP) is 5.10. The second-order valence-corrected chi connectivity index (χ2v) is 5.92. The zero-order chi connectivity index (χ0) is 16.1. The van der Waals surface area contributed by atoms with E-state index in [9.17, 15) is 0 Å². The molecule has 0 saturated heterocycles. The van der Waals surface area contributed by atoms with Crippen LogP contribution >= 0.6 is 15.9 Å². The van der Waals surface area contributed by atoms with Gasteiger partial charge >= 0.3 is 0 Å². The maximum Gasteiger partial charge on any atom is 0.214 e. The molecule has 0 bridgehead atoms. The summed E-state index contributed by atoms with van der Waals surface area (Å²) >= 11 is 3.43. The highest BCUT2D eigenvalue weighted by molar-refractivity contribution is 9.10. The maximum atomic E-state index is 5.79. The summed E-state index contributed by atoms with van der Waals surface area (Å²) in [5.74, 6) is 1.44. The lowest BCUT2D eigenvalue weighted by atomic mass is 10.1. The first kappa shape index (κ1) is 15.6. The summed E-state index contributed by atoms with van der Waals surface area (Å²) in [6.45, 7) is 0.492. The molecule has 2 aromatic carbocycles. The van der Waals surface area contributed by atoms with Crippen LogP contribution in [0.2, 0.25) is 0 Å². The number of hydrogen-bond donors (Lipinski definition) is 0. The molecule has 3 rings (SSSR count). The quantitative estimate of drug-likeness (QED) is 0.626. The van der Waals surface area contributed by atoms with Gasteiger partial charge in [0.25, 0.3) is 0 Å². The molecule has 0 aliphatic heterocycles. The summed E-state index contributed by atoms with van der Waals surface area (Å²) in [7, 11) is 1.66. The average molecular weight is 370 g/mol. The zero-order valence-electron chi connectivity index (χ0n) is 12.7. The zero-order valence-corrected chi connectivity index (χ0v) is 14.3. The van der Waals surface area contributed by atoms with Crippen molar-refractivity contribution in [3.8, 4) is 22.9 Å². The molecule has 0 unspecified atom stereocenters. The van der Waals surface area contributed by atoms with Crippen molar-refractivity contribution in [1.82, 2.24) is 4.98 Å². The van der Waals surface area contributed by atoms with E-state index in [4.69, 9.17) is 9.47 Å². The van der Waals surface area contributed by atoms with E-state index < -0.39 is 0 Å². The fourth-order valence-electron chi connectivity index (χ4n) is 2.16. The molecule has 3 nitrogen and oxygen atoms in total. The number of benzene rings is 2. The molecule has 0 amide bonds. The third-order valence-corrected chi connectivity index (χ3v) is 3.94. The van der Waals surface area contributed by atoms with Crippen molar-refractivity contribution >= 4 is 15.9 Å². The number of ether oxygens (including phenoxy) is 2. The van der Waals surface area contributed by atoms with Crippen LogP contribution in [-0.4, -0.2) is 12.1 Å². The minimum atomic E-state index is 0.492. The molecule has 1 heterocycles. The van der Waals surface area contributed by atoms with Crippen LogP contribution < -0.4 is 9.47 Å². The number of aromatic nitrogens is 1. The van der Waals surface area contributed by atoms with Gasteiger partial charge in [-0.25, -0.2) is 4.98 Å². The first-order valence-corrected chi connectivity index (χ1v) is 8.02. The Kier molecular flexibility index (Phi) is 4.93. The number of halogens is 1. The van der Waals surface area contributed by atoms with E-state index in [1.54, 1.807) is 7.11 Å². The van der Waals surface area contributed by atoms with Gasteiger partial charge in [0.2, 0.25) is 5.88 Å². The smallest absolute Gasteiger partial charge is 0.214 e. The lowest BCUT2D eigenvalue weighted by molar-refractivity contribution is 0.294. The Morgan fingerprint density at radius 2 is 1.65 bits per heavy atom. The summed E-state index contributed by atoms with van der Waals surface area (Å²) in [6, 6.07) is 21.6. The standard InChI is InChI=1S/C19H16BrNO2/c1-22-17-11-7-15(8-12-17)18-3-2-4-19(21-18)23-13-14-5-9-16(20)10-6-14/h2-12H,13H2,1H3. The van der Waals surface area contributed by atoms with Crippen LogP contribution in [0.5, 0.6) is 11.6 Å². The summed E-state index contributed by atoms with van der Waals surface area (Å²) in [6.07, 6.45) is 0. The number of rotatable bonds is 5. The molecule has 0 fully saturated rings. The molecule has 0 N–H and O–H groups in total. The van der Waals surface area contributed by atoms with Gasteiger partial charge in [-0.1, -0.05) is 34.1 Å². The number of hydrogen-bond acceptors (Lipinski definition) is 3. The van der Waals surface area contributed by atoms with Crippen LogP contribution in [0.3, 0.4) is 0 Å². The van der Waals surface area contributed by atoms with Gasteiger partial charge in [-0.3, -0.25) is 0 Å². The maximum absolute atomic E-state index is 5.79. The molecule has 0 atom stereocenters. The highest BCUT2D eigenvalue weighted by atomic mass is 79.9. The Balaban J connectivity index is 1.72. The second-order valence-electron chi connectivity index (χ2n) is 5.00. The molecular formula is C19H16BrNO2. The Morgan fingerprint density at radius 1 is 0.913 bits per heavy atom. The van der Waals surface area contributed by atoms with Crippen molar-refractivity contribution in [2.75, 3.05) is 7.11 Å². The van der Waals surface area contributed by atoms with Crippen molar-refractivity contribution in [2.45, 2.75) is 6.61 Å². The van der Waals surface area contributed by atoms with Gasteiger partial charge in [-0.15, -0.1) is 0 Å². The number of nitrogens with zero attached hydrogens (tertiary/aromatic N) is 1. The van der Waals surface area contributed by atoms with Crippen LogP contribution in [0, 0.1) is 0 Å². The molecule has 4 heteroatoms. The monoisotopic (exact) mass is 369 g/mol. The lowest BCUT2D eigenvalue weighted by Gasteiger charge is -2.08. The van der Waals surface area contributed by atoms with Crippen molar-refractivity contribution in [3.05, 3.63) is 76.8 Å². The summed E-state index contributed by atoms with van der Waals surface area (Å²) in [5.41, 5.74) is 3.01. The second kappa shape index (κ2) is 7.29. The van der Waals surface area contributed by atoms with E-state index in [1.165, 1.54) is 0 Å². The van der Waals surface area contributed by atoms with Gasteiger partial charge in [0, 0.05) is 16.1 Å². The Hall–Kier alpha value is -2.33. The van der Waals surface area contributed by atoms with Crippen molar-refractivity contribution in [3.63, 3.8) is 0 Å². The van der Waals surface area contributed by atoms with Gasteiger partial charge in [0.05, 0.1) is 12.8 Å². The van der Waals surface area contributed by atoms with Crippen molar-refractivity contribution in [2.24, 2.45) is 0 Å². The molecule has 0 aliphatic carbocycles. The molecule has 0 radical (unpaired) electrons. The Bertz CT molecular complexity index is 770. The van der Waals surface area contributed by atoms with Crippen LogP contribution in [-0.2, 0) is 6.61 Å². The third kappa shape index (κ3) is 4.11. The van der Waals surface area contributed by atoms with E-state index in [0.29, 0.717) is 12.5 Å². The highest BCUT2D eigenvalue weighted by Crippen LogP contribution is 2.23. The molecule has 23 heavy (non-hydrogen) atoms. The van der Waals surface area contributed by atoms with Gasteiger partial charge in [-0.05, 0) is 48.0 Å². The molecule has 0 aliphatic rings. The summed E-state index contributed by atoms with van der Waals surface area (Å²) < 4.78 is 12.0. The molecule has 3 aromatic rings. The largest absolute Gasteiger partial charge is 0.497 e. The van der Waals surface area contributed by atoms with Gasteiger partial charge in [0.15, 0.2) is 0 Å². The van der Waals surface area contributed by atoms with Crippen molar-refractivity contribution in [1.29, 1.82) is 0 Å². The fourth-order valence-corrected chi connectivity index (χ4v) is 2.42. The Labute approximate surface area is 144 Å². The van der Waals surface area contributed by atoms with Crippen LogP contribution in [0.4, 0.5) is 0 Å². The first-order valence-electron chi connectivity index (χ1n) is 7.23. The molecular weight excluding hydrogens is 354 g/mol. The van der Waals surface area contributed by atoms with Gasteiger partial charge in [0.1, 0.15) is 12.4 Å². The van der Waals surface area contributed by atoms with E-state index in [1.807, 2.05) is 66.7 Å². The van der Waals surface area contributed by atoms with E-state index in [0.717, 1.165) is 27.0 Å². The normalized spacial score (nSPS) is 10.3. The molecule has 116 valence electrons. The number of methoxy groups -OCH3 is 1. The fraction of sp³-hybridized carbons (Fsp3) is 0.105. The minimum absolute atomic E-state index is 0.492. The van der Waals surface area contributed by atoms with E-state index >= 15 is 0 Å². The van der Waals surface area contributed by atoms with Crippen LogP contribution in [0.25, 0.3) is 11.3 Å². The summed E-state index contributed by atoms with van der Waals surface area (Å²) in [5, 5.41) is 0. The highest BCUT2D eigenvalue weighted by Gasteiger charge is 2.03. The topological polar surface area (TPSA) is 31.4 Å². The lowest BCUT2D eigenvalue weighted by Crippen LogP contribution is -1.97. The SMILES string of the molecule is COc1ccc(-c2cccc(OCc3ccc(Br)cc3)n2)cc1. The number of pyridine rings is 1. The van der Waals surface area contributed by atoms with E-state index in [2.05, 4.69) is 20.9 Å². The minimum Gasteiger partial charge on any atom is -0.497 e. The predicted molar refractivity (Wildman–Crippen MR) is 94.7 cm³/mol. The molecule has 1 aromatic heterocycles. The molecule has 0 spiro atoms. The van der Waals surface area contributed by atoms with Crippen LogP contribution in [0.1, 0.15) is 5.56 Å². The van der Waals surface area contributed by atoms with Crippen LogP contribution in [0.15, 0.2) is 71.2 Å². The van der Waals surface area contributed by atoms with Gasteiger partial charge < -0.3 is 9.47 Å². The summed E-state index contributed by atoms with van der Waals surface area (Å²) in [4.78, 5) is 4.56. The first-order chi connectivity index (χ1) is 11.2. The molecule has 0 saturated carbocycles. The van der Waals surface area contributed by atoms with Crippen molar-refractivity contribution < 1.29 is 9.47 Å². The van der Waals surface area contributed by atoms with E-state index in [-0.39, 0.29) is 0 Å².